The Labute approximate surface area is 143 Å². The molecule has 1 heterocycles. The lowest BCUT2D eigenvalue weighted by atomic mass is 9.94. The molecule has 1 saturated heterocycles. The lowest BCUT2D eigenvalue weighted by Crippen LogP contribution is -2.47. The van der Waals surface area contributed by atoms with E-state index in [2.05, 4.69) is 5.32 Å². The summed E-state index contributed by atoms with van der Waals surface area (Å²) in [4.78, 5) is 26.4. The van der Waals surface area contributed by atoms with E-state index in [1.165, 1.54) is 12.1 Å². The van der Waals surface area contributed by atoms with E-state index in [1.54, 1.807) is 6.07 Å². The monoisotopic (exact) mass is 334 g/mol. The average molecular weight is 334 g/mol. The van der Waals surface area contributed by atoms with E-state index in [0.29, 0.717) is 25.9 Å². The topological polar surface area (TPSA) is 49.4 Å². The SMILES string of the molecule is CCNC(=O)C1CCCN(C(=O)C(C)CCc2cccc(F)c2)C1. The highest BCUT2D eigenvalue weighted by molar-refractivity contribution is 5.82. The van der Waals surface area contributed by atoms with Gasteiger partial charge in [-0.3, -0.25) is 9.59 Å². The molecule has 1 aliphatic rings. The zero-order valence-corrected chi connectivity index (χ0v) is 14.6. The van der Waals surface area contributed by atoms with Crippen LogP contribution in [0.2, 0.25) is 0 Å². The molecule has 0 saturated carbocycles. The summed E-state index contributed by atoms with van der Waals surface area (Å²) in [6, 6.07) is 6.52. The van der Waals surface area contributed by atoms with Crippen molar-refractivity contribution in [2.75, 3.05) is 19.6 Å². The Bertz CT molecular complexity index is 576. The predicted octanol–water partition coefficient (Wildman–Crippen LogP) is 2.77. The van der Waals surface area contributed by atoms with Crippen molar-refractivity contribution in [3.8, 4) is 0 Å². The summed E-state index contributed by atoms with van der Waals surface area (Å²) in [6.45, 7) is 5.66. The van der Waals surface area contributed by atoms with Gasteiger partial charge in [-0.25, -0.2) is 4.39 Å². The third kappa shape index (κ3) is 5.05. The third-order valence-corrected chi connectivity index (χ3v) is 4.63. The van der Waals surface area contributed by atoms with Crippen molar-refractivity contribution in [2.24, 2.45) is 11.8 Å². The normalized spacial score (nSPS) is 19.0. The van der Waals surface area contributed by atoms with Gasteiger partial charge in [-0.05, 0) is 50.3 Å². The molecule has 0 aliphatic carbocycles. The number of nitrogens with zero attached hydrogens (tertiary/aromatic N) is 1. The molecule has 1 fully saturated rings. The highest BCUT2D eigenvalue weighted by Gasteiger charge is 2.29. The van der Waals surface area contributed by atoms with E-state index in [4.69, 9.17) is 0 Å². The van der Waals surface area contributed by atoms with Crippen LogP contribution in [0.4, 0.5) is 4.39 Å². The number of carbonyl (C=O) groups is 2. The van der Waals surface area contributed by atoms with Crippen LogP contribution in [-0.2, 0) is 16.0 Å². The zero-order valence-electron chi connectivity index (χ0n) is 14.6. The van der Waals surface area contributed by atoms with E-state index in [1.807, 2.05) is 24.8 Å². The summed E-state index contributed by atoms with van der Waals surface area (Å²) in [5.74, 6) is -0.325. The second-order valence-corrected chi connectivity index (χ2v) is 6.59. The molecular formula is C19H27FN2O2. The molecule has 132 valence electrons. The summed E-state index contributed by atoms with van der Waals surface area (Å²) in [5.41, 5.74) is 0.911. The first-order valence-corrected chi connectivity index (χ1v) is 8.82. The standard InChI is InChI=1S/C19H27FN2O2/c1-3-21-18(23)16-7-5-11-22(13-16)19(24)14(2)9-10-15-6-4-8-17(20)12-15/h4,6,8,12,14,16H,3,5,7,9-11,13H2,1-2H3,(H,21,23). The fourth-order valence-electron chi connectivity index (χ4n) is 3.22. The van der Waals surface area contributed by atoms with Gasteiger partial charge in [0.15, 0.2) is 0 Å². The molecule has 2 amide bonds. The van der Waals surface area contributed by atoms with Crippen molar-refractivity contribution in [3.05, 3.63) is 35.6 Å². The Morgan fingerprint density at radius 1 is 1.42 bits per heavy atom. The average Bonchev–Trinajstić information content (AvgIpc) is 2.59. The summed E-state index contributed by atoms with van der Waals surface area (Å²) in [6.07, 6.45) is 3.07. The molecule has 5 heteroatoms. The zero-order chi connectivity index (χ0) is 17.5. The number of hydrogen-bond donors (Lipinski definition) is 1. The summed E-state index contributed by atoms with van der Waals surface area (Å²) in [7, 11) is 0. The number of benzene rings is 1. The molecule has 24 heavy (non-hydrogen) atoms. The molecular weight excluding hydrogens is 307 g/mol. The molecule has 0 spiro atoms. The van der Waals surface area contributed by atoms with Crippen LogP contribution in [0.15, 0.2) is 24.3 Å². The summed E-state index contributed by atoms with van der Waals surface area (Å²) >= 11 is 0. The van der Waals surface area contributed by atoms with Gasteiger partial charge < -0.3 is 10.2 Å². The first kappa shape index (κ1) is 18.4. The van der Waals surface area contributed by atoms with Crippen molar-refractivity contribution in [1.29, 1.82) is 0 Å². The Hall–Kier alpha value is -1.91. The number of amides is 2. The van der Waals surface area contributed by atoms with Crippen LogP contribution < -0.4 is 5.32 Å². The van der Waals surface area contributed by atoms with E-state index in [-0.39, 0.29) is 29.5 Å². The van der Waals surface area contributed by atoms with Crippen molar-refractivity contribution in [3.63, 3.8) is 0 Å². The molecule has 1 N–H and O–H groups in total. The minimum absolute atomic E-state index is 0.0439. The van der Waals surface area contributed by atoms with Gasteiger partial charge in [-0.15, -0.1) is 0 Å². The maximum Gasteiger partial charge on any atom is 0.225 e. The molecule has 1 aromatic carbocycles. The number of carbonyl (C=O) groups excluding carboxylic acids is 2. The fraction of sp³-hybridized carbons (Fsp3) is 0.579. The summed E-state index contributed by atoms with van der Waals surface area (Å²) < 4.78 is 13.2. The second-order valence-electron chi connectivity index (χ2n) is 6.59. The van der Waals surface area contributed by atoms with Crippen LogP contribution in [0.5, 0.6) is 0 Å². The van der Waals surface area contributed by atoms with Gasteiger partial charge in [0.25, 0.3) is 0 Å². The number of nitrogens with one attached hydrogen (secondary N) is 1. The quantitative estimate of drug-likeness (QED) is 0.870. The number of hydrogen-bond acceptors (Lipinski definition) is 2. The molecule has 1 aromatic rings. The second kappa shape index (κ2) is 8.81. The summed E-state index contributed by atoms with van der Waals surface area (Å²) in [5, 5.41) is 2.84. The molecule has 1 aliphatic heterocycles. The van der Waals surface area contributed by atoms with Gasteiger partial charge in [0.1, 0.15) is 5.82 Å². The van der Waals surface area contributed by atoms with Crippen LogP contribution in [0, 0.1) is 17.7 Å². The molecule has 4 nitrogen and oxygen atoms in total. The lowest BCUT2D eigenvalue weighted by molar-refractivity contribution is -0.139. The van der Waals surface area contributed by atoms with Crippen LogP contribution in [0.3, 0.4) is 0 Å². The predicted molar refractivity (Wildman–Crippen MR) is 91.9 cm³/mol. The van der Waals surface area contributed by atoms with Crippen molar-refractivity contribution >= 4 is 11.8 Å². The van der Waals surface area contributed by atoms with Gasteiger partial charge in [0, 0.05) is 25.6 Å². The minimum atomic E-state index is -0.243. The molecule has 0 radical (unpaired) electrons. The van der Waals surface area contributed by atoms with E-state index in [0.717, 1.165) is 24.9 Å². The van der Waals surface area contributed by atoms with E-state index in [9.17, 15) is 14.0 Å². The first-order valence-electron chi connectivity index (χ1n) is 8.82. The lowest BCUT2D eigenvalue weighted by Gasteiger charge is -2.33. The maximum atomic E-state index is 13.2. The molecule has 2 atom stereocenters. The molecule has 0 bridgehead atoms. The Balaban J connectivity index is 1.86. The molecule has 0 aromatic heterocycles. The molecule has 2 rings (SSSR count). The smallest absolute Gasteiger partial charge is 0.225 e. The largest absolute Gasteiger partial charge is 0.356 e. The van der Waals surface area contributed by atoms with Gasteiger partial charge in [0.05, 0.1) is 5.92 Å². The minimum Gasteiger partial charge on any atom is -0.356 e. The van der Waals surface area contributed by atoms with Crippen LogP contribution >= 0.6 is 0 Å². The highest BCUT2D eigenvalue weighted by Crippen LogP contribution is 2.20. The van der Waals surface area contributed by atoms with Gasteiger partial charge in [-0.1, -0.05) is 19.1 Å². The van der Waals surface area contributed by atoms with E-state index < -0.39 is 0 Å². The Morgan fingerprint density at radius 2 is 2.21 bits per heavy atom. The maximum absolute atomic E-state index is 13.2. The third-order valence-electron chi connectivity index (χ3n) is 4.63. The van der Waals surface area contributed by atoms with Crippen molar-refractivity contribution in [2.45, 2.75) is 39.5 Å². The first-order chi connectivity index (χ1) is 11.5. The number of likely N-dealkylation sites (tertiary alicyclic amines) is 1. The van der Waals surface area contributed by atoms with Gasteiger partial charge >= 0.3 is 0 Å². The van der Waals surface area contributed by atoms with Gasteiger partial charge in [0.2, 0.25) is 11.8 Å². The highest BCUT2D eigenvalue weighted by atomic mass is 19.1. The van der Waals surface area contributed by atoms with Gasteiger partial charge in [-0.2, -0.15) is 0 Å². The number of halogens is 1. The van der Waals surface area contributed by atoms with E-state index >= 15 is 0 Å². The molecule has 2 unspecified atom stereocenters. The number of piperidine rings is 1. The number of rotatable bonds is 6. The van der Waals surface area contributed by atoms with Crippen LogP contribution in [0.25, 0.3) is 0 Å². The van der Waals surface area contributed by atoms with Crippen molar-refractivity contribution < 1.29 is 14.0 Å². The Morgan fingerprint density at radius 3 is 2.92 bits per heavy atom. The van der Waals surface area contributed by atoms with Crippen LogP contribution in [0.1, 0.15) is 38.7 Å². The van der Waals surface area contributed by atoms with Crippen LogP contribution in [-0.4, -0.2) is 36.3 Å². The van der Waals surface area contributed by atoms with Crippen molar-refractivity contribution in [1.82, 2.24) is 10.2 Å². The number of aryl methyl sites for hydroxylation is 1. The Kier molecular flexibility index (Phi) is 6.76. The fourth-order valence-corrected chi connectivity index (χ4v) is 3.22.